The van der Waals surface area contributed by atoms with Gasteiger partial charge in [-0.3, -0.25) is 0 Å². The molecule has 19 heavy (non-hydrogen) atoms. The first-order chi connectivity index (χ1) is 9.21. The molecule has 0 radical (unpaired) electrons. The number of nitrogens with one attached hydrogen (secondary N) is 1. The van der Waals surface area contributed by atoms with Gasteiger partial charge in [0.05, 0.1) is 6.61 Å². The zero-order chi connectivity index (χ0) is 14.1. The maximum atomic E-state index is 5.48. The Morgan fingerprint density at radius 1 is 1.00 bits per heavy atom. The van der Waals surface area contributed by atoms with Crippen molar-refractivity contribution < 1.29 is 4.74 Å². The molecule has 1 aromatic carbocycles. The quantitative estimate of drug-likeness (QED) is 0.697. The molecule has 1 atom stereocenters. The Bertz CT molecular complexity index is 328. The van der Waals surface area contributed by atoms with Crippen LogP contribution in [0.2, 0.25) is 0 Å². The van der Waals surface area contributed by atoms with Crippen molar-refractivity contribution in [2.75, 3.05) is 6.61 Å². The van der Waals surface area contributed by atoms with Gasteiger partial charge < -0.3 is 10.1 Å². The first-order valence-corrected chi connectivity index (χ1v) is 7.70. The lowest BCUT2D eigenvalue weighted by molar-refractivity contribution is 0.340. The van der Waals surface area contributed by atoms with Crippen LogP contribution in [-0.2, 0) is 0 Å². The van der Waals surface area contributed by atoms with E-state index in [4.69, 9.17) is 4.74 Å². The van der Waals surface area contributed by atoms with Crippen LogP contribution in [0, 0.1) is 0 Å². The third-order valence-corrected chi connectivity index (χ3v) is 3.45. The molecule has 1 N–H and O–H groups in total. The summed E-state index contributed by atoms with van der Waals surface area (Å²) in [6.07, 6.45) is 5.01. The molecule has 1 rings (SSSR count). The van der Waals surface area contributed by atoms with Gasteiger partial charge in [-0.1, -0.05) is 38.8 Å². The minimum atomic E-state index is 0.402. The van der Waals surface area contributed by atoms with Crippen molar-refractivity contribution in [3.05, 3.63) is 29.8 Å². The molecule has 0 aromatic heterocycles. The van der Waals surface area contributed by atoms with Gasteiger partial charge in [0.25, 0.3) is 0 Å². The van der Waals surface area contributed by atoms with E-state index >= 15 is 0 Å². The monoisotopic (exact) mass is 263 g/mol. The van der Waals surface area contributed by atoms with Crippen LogP contribution in [0.15, 0.2) is 24.3 Å². The summed E-state index contributed by atoms with van der Waals surface area (Å²) >= 11 is 0. The van der Waals surface area contributed by atoms with Crippen LogP contribution in [0.25, 0.3) is 0 Å². The highest BCUT2D eigenvalue weighted by molar-refractivity contribution is 5.28. The zero-order valence-corrected chi connectivity index (χ0v) is 12.9. The molecular weight excluding hydrogens is 234 g/mol. The molecule has 0 heterocycles. The molecule has 0 saturated carbocycles. The van der Waals surface area contributed by atoms with Crippen molar-refractivity contribution in [2.24, 2.45) is 0 Å². The average Bonchev–Trinajstić information content (AvgIpc) is 2.40. The topological polar surface area (TPSA) is 21.3 Å². The Kier molecular flexibility index (Phi) is 7.57. The summed E-state index contributed by atoms with van der Waals surface area (Å²) in [5, 5.41) is 3.75. The molecule has 0 spiro atoms. The normalized spacial score (nSPS) is 12.7. The Labute approximate surface area is 118 Å². The van der Waals surface area contributed by atoms with Gasteiger partial charge in [-0.05, 0) is 44.4 Å². The van der Waals surface area contributed by atoms with Gasteiger partial charge in [-0.25, -0.2) is 0 Å². The Hall–Kier alpha value is -1.02. The molecule has 2 heteroatoms. The second-order valence-corrected chi connectivity index (χ2v) is 5.16. The molecule has 0 amide bonds. The number of ether oxygens (including phenoxy) is 1. The summed E-state index contributed by atoms with van der Waals surface area (Å²) in [6.45, 7) is 9.49. The molecule has 0 aliphatic heterocycles. The van der Waals surface area contributed by atoms with E-state index in [0.29, 0.717) is 12.1 Å². The Morgan fingerprint density at radius 3 is 2.05 bits per heavy atom. The summed E-state index contributed by atoms with van der Waals surface area (Å²) in [5.74, 6) is 0.956. The maximum Gasteiger partial charge on any atom is 0.119 e. The molecule has 0 aliphatic carbocycles. The predicted octanol–water partition coefficient (Wildman–Crippen LogP) is 4.70. The fraction of sp³-hybridized carbons (Fsp3) is 0.647. The highest BCUT2D eigenvalue weighted by atomic mass is 16.5. The molecule has 0 aliphatic rings. The van der Waals surface area contributed by atoms with Crippen LogP contribution in [0.5, 0.6) is 5.75 Å². The van der Waals surface area contributed by atoms with E-state index in [1.54, 1.807) is 0 Å². The standard InChI is InChI=1S/C17H29NO/c1-5-8-16(9-6-2)18-14(4)15-10-12-17(13-11-15)19-7-3/h10-14,16,18H,5-9H2,1-4H3. The second kappa shape index (κ2) is 8.98. The second-order valence-electron chi connectivity index (χ2n) is 5.16. The van der Waals surface area contributed by atoms with Gasteiger partial charge in [-0.15, -0.1) is 0 Å². The Balaban J connectivity index is 2.57. The van der Waals surface area contributed by atoms with E-state index < -0.39 is 0 Å². The van der Waals surface area contributed by atoms with Crippen molar-refractivity contribution in [3.8, 4) is 5.75 Å². The van der Waals surface area contributed by atoms with E-state index in [0.717, 1.165) is 12.4 Å². The summed E-state index contributed by atoms with van der Waals surface area (Å²) in [5.41, 5.74) is 1.33. The molecule has 1 unspecified atom stereocenters. The zero-order valence-electron chi connectivity index (χ0n) is 12.9. The van der Waals surface area contributed by atoms with E-state index in [-0.39, 0.29) is 0 Å². The third kappa shape index (κ3) is 5.65. The van der Waals surface area contributed by atoms with Crippen LogP contribution in [0.4, 0.5) is 0 Å². The van der Waals surface area contributed by atoms with Crippen molar-refractivity contribution in [2.45, 2.75) is 65.5 Å². The summed E-state index contributed by atoms with van der Waals surface area (Å²) in [6, 6.07) is 9.49. The van der Waals surface area contributed by atoms with E-state index in [1.807, 2.05) is 6.92 Å². The lowest BCUT2D eigenvalue weighted by Gasteiger charge is -2.23. The van der Waals surface area contributed by atoms with Crippen molar-refractivity contribution in [3.63, 3.8) is 0 Å². The van der Waals surface area contributed by atoms with Crippen molar-refractivity contribution in [1.82, 2.24) is 5.32 Å². The SMILES string of the molecule is CCCC(CCC)NC(C)c1ccc(OCC)cc1. The minimum Gasteiger partial charge on any atom is -0.494 e. The van der Waals surface area contributed by atoms with Crippen LogP contribution in [0.3, 0.4) is 0 Å². The molecule has 2 nitrogen and oxygen atoms in total. The number of rotatable bonds is 9. The molecule has 0 fully saturated rings. The average molecular weight is 263 g/mol. The molecule has 1 aromatic rings. The van der Waals surface area contributed by atoms with E-state index in [2.05, 4.69) is 50.4 Å². The molecular formula is C17H29NO. The first-order valence-electron chi connectivity index (χ1n) is 7.70. The van der Waals surface area contributed by atoms with Gasteiger partial charge in [0.1, 0.15) is 5.75 Å². The largest absolute Gasteiger partial charge is 0.494 e. The van der Waals surface area contributed by atoms with Gasteiger partial charge >= 0.3 is 0 Å². The molecule has 0 saturated heterocycles. The summed E-state index contributed by atoms with van der Waals surface area (Å²) in [7, 11) is 0. The minimum absolute atomic E-state index is 0.402. The van der Waals surface area contributed by atoms with Crippen molar-refractivity contribution in [1.29, 1.82) is 0 Å². The van der Waals surface area contributed by atoms with Crippen LogP contribution < -0.4 is 10.1 Å². The molecule has 0 bridgehead atoms. The molecule has 108 valence electrons. The van der Waals surface area contributed by atoms with Gasteiger partial charge in [0, 0.05) is 12.1 Å². The Morgan fingerprint density at radius 2 is 1.58 bits per heavy atom. The smallest absolute Gasteiger partial charge is 0.119 e. The van der Waals surface area contributed by atoms with Crippen molar-refractivity contribution >= 4 is 0 Å². The van der Waals surface area contributed by atoms with Crippen LogP contribution in [-0.4, -0.2) is 12.6 Å². The van der Waals surface area contributed by atoms with Crippen LogP contribution >= 0.6 is 0 Å². The van der Waals surface area contributed by atoms with E-state index in [1.165, 1.54) is 31.2 Å². The summed E-state index contributed by atoms with van der Waals surface area (Å²) in [4.78, 5) is 0. The number of benzene rings is 1. The van der Waals surface area contributed by atoms with Crippen LogP contribution in [0.1, 0.15) is 65.0 Å². The maximum absolute atomic E-state index is 5.48. The lowest BCUT2D eigenvalue weighted by Crippen LogP contribution is -2.31. The summed E-state index contributed by atoms with van der Waals surface area (Å²) < 4.78 is 5.48. The van der Waals surface area contributed by atoms with Gasteiger partial charge in [0.2, 0.25) is 0 Å². The predicted molar refractivity (Wildman–Crippen MR) is 82.8 cm³/mol. The third-order valence-electron chi connectivity index (χ3n) is 3.45. The fourth-order valence-corrected chi connectivity index (χ4v) is 2.48. The van der Waals surface area contributed by atoms with Gasteiger partial charge in [-0.2, -0.15) is 0 Å². The lowest BCUT2D eigenvalue weighted by atomic mass is 10.0. The number of hydrogen-bond acceptors (Lipinski definition) is 2. The first kappa shape index (κ1) is 16.0. The fourth-order valence-electron chi connectivity index (χ4n) is 2.48. The number of hydrogen-bond donors (Lipinski definition) is 1. The van der Waals surface area contributed by atoms with E-state index in [9.17, 15) is 0 Å². The highest BCUT2D eigenvalue weighted by Crippen LogP contribution is 2.19. The highest BCUT2D eigenvalue weighted by Gasteiger charge is 2.12. The van der Waals surface area contributed by atoms with Gasteiger partial charge in [0.15, 0.2) is 0 Å².